The molecule has 0 fully saturated rings. The zero-order valence-corrected chi connectivity index (χ0v) is 17.0. The molecule has 2 N–H and O–H groups in total. The second-order valence-corrected chi connectivity index (χ2v) is 7.13. The molecule has 2 aromatic rings. The minimum absolute atomic E-state index is 0.262. The highest BCUT2D eigenvalue weighted by atomic mass is 35.5. The summed E-state index contributed by atoms with van der Waals surface area (Å²) in [6.07, 6.45) is 0.691. The molecule has 0 aliphatic heterocycles. The summed E-state index contributed by atoms with van der Waals surface area (Å²) in [5.74, 6) is -1.15. The Balaban J connectivity index is 1.74. The number of hydrogen-bond acceptors (Lipinski definition) is 4. The Labute approximate surface area is 180 Å². The lowest BCUT2D eigenvalue weighted by molar-refractivity contribution is -0.141. The van der Waals surface area contributed by atoms with Gasteiger partial charge in [0.15, 0.2) is 12.3 Å². The Morgan fingerprint density at radius 1 is 1.26 bits per heavy atom. The standard InChI is InChI=1S/C20H18ClF3N4O3/c1-12(29)25-13-5-4-6-14(9-13)26-18(30)11-31-19-10-17(20(22,23)24)27-28(19)16-8-3-2-7-15(16)21/h2-6,8-10,15H,7,11H2,1H3,(H,25,29)(H,26,30). The van der Waals surface area contributed by atoms with E-state index in [1.165, 1.54) is 19.1 Å². The smallest absolute Gasteiger partial charge is 0.435 e. The maximum absolute atomic E-state index is 13.2. The highest BCUT2D eigenvalue weighted by Crippen LogP contribution is 2.34. The molecule has 1 aliphatic rings. The molecule has 2 amide bonds. The summed E-state index contributed by atoms with van der Waals surface area (Å²) in [6.45, 7) is 0.782. The largest absolute Gasteiger partial charge is 0.467 e. The van der Waals surface area contributed by atoms with Crippen molar-refractivity contribution in [1.29, 1.82) is 0 Å². The van der Waals surface area contributed by atoms with Crippen molar-refractivity contribution in [3.05, 3.63) is 54.3 Å². The number of amides is 2. The number of nitrogens with zero attached hydrogens (tertiary/aromatic N) is 2. The molecular formula is C20H18ClF3N4O3. The second kappa shape index (κ2) is 9.25. The van der Waals surface area contributed by atoms with Crippen LogP contribution in [0.5, 0.6) is 5.88 Å². The number of ether oxygens (including phenoxy) is 1. The van der Waals surface area contributed by atoms with Gasteiger partial charge in [0.1, 0.15) is 0 Å². The maximum Gasteiger partial charge on any atom is 0.435 e. The van der Waals surface area contributed by atoms with Gasteiger partial charge in [-0.25, -0.2) is 4.68 Å². The highest BCUT2D eigenvalue weighted by molar-refractivity contribution is 6.25. The first-order chi connectivity index (χ1) is 14.6. The molecule has 1 aliphatic carbocycles. The van der Waals surface area contributed by atoms with Gasteiger partial charge in [-0.3, -0.25) is 9.59 Å². The zero-order valence-electron chi connectivity index (χ0n) is 16.2. The first-order valence-electron chi connectivity index (χ1n) is 9.12. The van der Waals surface area contributed by atoms with Crippen molar-refractivity contribution in [3.63, 3.8) is 0 Å². The molecule has 3 rings (SSSR count). The van der Waals surface area contributed by atoms with Crippen LogP contribution in [0.4, 0.5) is 24.5 Å². The van der Waals surface area contributed by atoms with Crippen molar-refractivity contribution >= 4 is 40.5 Å². The van der Waals surface area contributed by atoms with E-state index in [9.17, 15) is 22.8 Å². The number of carbonyl (C=O) groups excluding carboxylic acids is 2. The van der Waals surface area contributed by atoms with Crippen LogP contribution < -0.4 is 15.4 Å². The predicted octanol–water partition coefficient (Wildman–Crippen LogP) is 4.29. The number of alkyl halides is 4. The fourth-order valence-electron chi connectivity index (χ4n) is 2.80. The number of benzene rings is 1. The molecule has 7 nitrogen and oxygen atoms in total. The van der Waals surface area contributed by atoms with E-state index in [1.807, 2.05) is 0 Å². The lowest BCUT2D eigenvalue weighted by atomic mass is 10.1. The number of nitrogens with one attached hydrogen (secondary N) is 2. The van der Waals surface area contributed by atoms with Crippen molar-refractivity contribution < 1.29 is 27.5 Å². The Bertz CT molecular complexity index is 1050. The lowest BCUT2D eigenvalue weighted by Crippen LogP contribution is -2.22. The highest BCUT2D eigenvalue weighted by Gasteiger charge is 2.36. The van der Waals surface area contributed by atoms with E-state index < -0.39 is 29.8 Å². The van der Waals surface area contributed by atoms with Crippen molar-refractivity contribution in [2.45, 2.75) is 24.9 Å². The van der Waals surface area contributed by atoms with Gasteiger partial charge in [0.25, 0.3) is 5.91 Å². The van der Waals surface area contributed by atoms with Crippen LogP contribution in [0.25, 0.3) is 5.70 Å². The van der Waals surface area contributed by atoms with Gasteiger partial charge in [-0.1, -0.05) is 18.2 Å². The van der Waals surface area contributed by atoms with E-state index in [1.54, 1.807) is 30.4 Å². The van der Waals surface area contributed by atoms with Crippen molar-refractivity contribution in [2.24, 2.45) is 0 Å². The first kappa shape index (κ1) is 22.4. The van der Waals surface area contributed by atoms with Gasteiger partial charge in [-0.05, 0) is 30.7 Å². The summed E-state index contributed by atoms with van der Waals surface area (Å²) in [6, 6.07) is 7.10. The van der Waals surface area contributed by atoms with Crippen LogP contribution in [-0.2, 0) is 15.8 Å². The third-order valence-electron chi connectivity index (χ3n) is 4.10. The SMILES string of the molecule is CC(=O)Nc1cccc(NC(=O)COc2cc(C(F)(F)F)nn2C2=CC=CCC2Cl)c1. The fraction of sp³-hybridized carbons (Fsp3) is 0.250. The van der Waals surface area contributed by atoms with Crippen molar-refractivity contribution in [3.8, 4) is 5.88 Å². The van der Waals surface area contributed by atoms with Crippen LogP contribution in [0.1, 0.15) is 19.0 Å². The van der Waals surface area contributed by atoms with E-state index in [4.69, 9.17) is 16.3 Å². The first-order valence-corrected chi connectivity index (χ1v) is 9.56. The van der Waals surface area contributed by atoms with Crippen LogP contribution >= 0.6 is 11.6 Å². The number of halogens is 4. The minimum atomic E-state index is -4.69. The van der Waals surface area contributed by atoms with E-state index in [0.29, 0.717) is 29.6 Å². The predicted molar refractivity (Wildman–Crippen MR) is 110 cm³/mol. The fourth-order valence-corrected chi connectivity index (χ4v) is 3.07. The quantitative estimate of drug-likeness (QED) is 0.638. The molecule has 0 radical (unpaired) electrons. The molecule has 0 bridgehead atoms. The molecule has 1 aromatic carbocycles. The van der Waals surface area contributed by atoms with Gasteiger partial charge >= 0.3 is 6.18 Å². The van der Waals surface area contributed by atoms with Crippen LogP contribution in [0.15, 0.2) is 48.6 Å². The molecule has 1 atom stereocenters. The summed E-state index contributed by atoms with van der Waals surface area (Å²) in [5.41, 5.74) is -0.00170. The van der Waals surface area contributed by atoms with Gasteiger partial charge in [0.2, 0.25) is 11.8 Å². The van der Waals surface area contributed by atoms with E-state index >= 15 is 0 Å². The van der Waals surface area contributed by atoms with E-state index in [0.717, 1.165) is 4.68 Å². The number of rotatable bonds is 6. The number of aromatic nitrogens is 2. The van der Waals surface area contributed by atoms with E-state index in [2.05, 4.69) is 15.7 Å². The molecular weight excluding hydrogens is 437 g/mol. The van der Waals surface area contributed by atoms with Crippen LogP contribution in [0, 0.1) is 0 Å². The molecule has 1 aromatic heterocycles. The average molecular weight is 455 g/mol. The number of anilines is 2. The molecule has 0 spiro atoms. The number of allylic oxidation sites excluding steroid dienone is 4. The summed E-state index contributed by atoms with van der Waals surface area (Å²) in [4.78, 5) is 23.4. The summed E-state index contributed by atoms with van der Waals surface area (Å²) in [7, 11) is 0. The van der Waals surface area contributed by atoms with Gasteiger partial charge < -0.3 is 15.4 Å². The third-order valence-corrected chi connectivity index (χ3v) is 4.50. The van der Waals surface area contributed by atoms with Gasteiger partial charge in [-0.15, -0.1) is 11.6 Å². The number of carbonyl (C=O) groups is 2. The topological polar surface area (TPSA) is 85.2 Å². The van der Waals surface area contributed by atoms with Gasteiger partial charge in [-0.2, -0.15) is 18.3 Å². The summed E-state index contributed by atoms with van der Waals surface area (Å²) in [5, 5.41) is 8.10. The van der Waals surface area contributed by atoms with Crippen LogP contribution in [-0.4, -0.2) is 33.6 Å². The van der Waals surface area contributed by atoms with Crippen molar-refractivity contribution in [2.75, 3.05) is 17.2 Å². The summed E-state index contributed by atoms with van der Waals surface area (Å²) >= 11 is 6.21. The Morgan fingerprint density at radius 2 is 1.97 bits per heavy atom. The normalized spacial score (nSPS) is 15.9. The van der Waals surface area contributed by atoms with E-state index in [-0.39, 0.29) is 11.8 Å². The molecule has 1 unspecified atom stereocenters. The van der Waals surface area contributed by atoms with Crippen LogP contribution in [0.3, 0.4) is 0 Å². The Hall–Kier alpha value is -3.27. The second-order valence-electron chi connectivity index (χ2n) is 6.60. The molecule has 31 heavy (non-hydrogen) atoms. The average Bonchev–Trinajstić information content (AvgIpc) is 3.11. The number of hydrogen-bond donors (Lipinski definition) is 2. The van der Waals surface area contributed by atoms with Crippen LogP contribution in [0.2, 0.25) is 0 Å². The Morgan fingerprint density at radius 3 is 2.61 bits per heavy atom. The van der Waals surface area contributed by atoms with Crippen molar-refractivity contribution in [1.82, 2.24) is 9.78 Å². The zero-order chi connectivity index (χ0) is 22.6. The molecule has 1 heterocycles. The molecule has 0 saturated heterocycles. The monoisotopic (exact) mass is 454 g/mol. The molecule has 11 heteroatoms. The van der Waals surface area contributed by atoms with Gasteiger partial charge in [0, 0.05) is 24.4 Å². The third kappa shape index (κ3) is 5.88. The maximum atomic E-state index is 13.2. The minimum Gasteiger partial charge on any atom is -0.467 e. The molecule has 0 saturated carbocycles. The lowest BCUT2D eigenvalue weighted by Gasteiger charge is -2.17. The molecule has 164 valence electrons. The Kier molecular flexibility index (Phi) is 6.69. The summed E-state index contributed by atoms with van der Waals surface area (Å²) < 4.78 is 45.8. The van der Waals surface area contributed by atoms with Gasteiger partial charge in [0.05, 0.1) is 11.1 Å².